The van der Waals surface area contributed by atoms with Crippen molar-refractivity contribution >= 4 is 15.5 Å². The molecular weight excluding hydrogens is 218 g/mol. The molecule has 0 aromatic heterocycles. The Kier molecular flexibility index (Phi) is 3.07. The van der Waals surface area contributed by atoms with Crippen LogP contribution in [0.3, 0.4) is 0 Å². The molecular formula is C9H7NO4S. The van der Waals surface area contributed by atoms with Gasteiger partial charge in [-0.3, -0.25) is 10.1 Å². The van der Waals surface area contributed by atoms with Crippen LogP contribution in [-0.4, -0.2) is 19.1 Å². The minimum Gasteiger partial charge on any atom is -0.258 e. The van der Waals surface area contributed by atoms with Crippen molar-refractivity contribution in [3.63, 3.8) is 0 Å². The highest BCUT2D eigenvalue weighted by molar-refractivity contribution is 7.91. The van der Waals surface area contributed by atoms with Crippen LogP contribution in [0.4, 0.5) is 5.69 Å². The third kappa shape index (κ3) is 2.54. The Balaban J connectivity index is 3.11. The lowest BCUT2D eigenvalue weighted by molar-refractivity contribution is -0.384. The second-order valence-corrected chi connectivity index (χ2v) is 4.70. The normalized spacial score (nSPS) is 10.6. The molecule has 6 heteroatoms. The summed E-state index contributed by atoms with van der Waals surface area (Å²) >= 11 is 0. The van der Waals surface area contributed by atoms with E-state index in [4.69, 9.17) is 6.42 Å². The zero-order valence-electron chi connectivity index (χ0n) is 7.58. The summed E-state index contributed by atoms with van der Waals surface area (Å²) in [7, 11) is -3.51. The minimum absolute atomic E-state index is 0.00829. The van der Waals surface area contributed by atoms with Gasteiger partial charge in [-0.25, -0.2) is 8.42 Å². The van der Waals surface area contributed by atoms with Crippen LogP contribution in [0.5, 0.6) is 0 Å². The third-order valence-corrected chi connectivity index (χ3v) is 3.22. The molecule has 0 radical (unpaired) electrons. The highest BCUT2D eigenvalue weighted by atomic mass is 32.2. The maximum Gasteiger partial charge on any atom is 0.269 e. The molecule has 15 heavy (non-hydrogen) atoms. The minimum atomic E-state index is -3.51. The smallest absolute Gasteiger partial charge is 0.258 e. The number of rotatable bonds is 3. The molecule has 0 spiro atoms. The number of hydrogen-bond acceptors (Lipinski definition) is 4. The fourth-order valence-corrected chi connectivity index (χ4v) is 1.91. The molecule has 5 nitrogen and oxygen atoms in total. The summed E-state index contributed by atoms with van der Waals surface area (Å²) in [6, 6.07) is 4.60. The number of sulfone groups is 1. The lowest BCUT2D eigenvalue weighted by Crippen LogP contribution is -2.04. The van der Waals surface area contributed by atoms with Crippen LogP contribution >= 0.6 is 0 Å². The number of nitro groups is 1. The molecule has 0 saturated carbocycles. The molecule has 1 aromatic rings. The zero-order valence-corrected chi connectivity index (χ0v) is 8.40. The molecule has 1 aromatic carbocycles. The number of nitrogens with zero attached hydrogens (tertiary/aromatic N) is 1. The molecule has 0 aliphatic heterocycles. The summed E-state index contributed by atoms with van der Waals surface area (Å²) in [5, 5.41) is 10.3. The summed E-state index contributed by atoms with van der Waals surface area (Å²) in [6.45, 7) is 0. The van der Waals surface area contributed by atoms with Gasteiger partial charge in [0, 0.05) is 12.1 Å². The molecule has 0 heterocycles. The number of hydrogen-bond donors (Lipinski definition) is 0. The van der Waals surface area contributed by atoms with E-state index >= 15 is 0 Å². The largest absolute Gasteiger partial charge is 0.269 e. The van der Waals surface area contributed by atoms with E-state index in [1.54, 1.807) is 0 Å². The van der Waals surface area contributed by atoms with Crippen LogP contribution in [-0.2, 0) is 9.84 Å². The Hall–Kier alpha value is -1.87. The number of nitro benzene ring substituents is 1. The summed E-state index contributed by atoms with van der Waals surface area (Å²) < 4.78 is 22.8. The van der Waals surface area contributed by atoms with Gasteiger partial charge >= 0.3 is 0 Å². The van der Waals surface area contributed by atoms with E-state index in [0.29, 0.717) is 0 Å². The van der Waals surface area contributed by atoms with Gasteiger partial charge in [-0.15, -0.1) is 6.42 Å². The first-order valence-corrected chi connectivity index (χ1v) is 5.53. The van der Waals surface area contributed by atoms with Crippen molar-refractivity contribution in [2.45, 2.75) is 4.90 Å². The quantitative estimate of drug-likeness (QED) is 0.437. The van der Waals surface area contributed by atoms with Crippen LogP contribution in [0.2, 0.25) is 0 Å². The van der Waals surface area contributed by atoms with Crippen LogP contribution in [0.25, 0.3) is 0 Å². The Bertz CT molecular complexity index is 510. The fourth-order valence-electron chi connectivity index (χ4n) is 0.968. The van der Waals surface area contributed by atoms with Gasteiger partial charge in [-0.05, 0) is 12.1 Å². The Labute approximate surface area is 86.8 Å². The van der Waals surface area contributed by atoms with Gasteiger partial charge in [0.25, 0.3) is 5.69 Å². The van der Waals surface area contributed by atoms with Crippen molar-refractivity contribution in [1.82, 2.24) is 0 Å². The first-order chi connectivity index (χ1) is 6.97. The third-order valence-electron chi connectivity index (χ3n) is 1.68. The van der Waals surface area contributed by atoms with Crippen molar-refractivity contribution < 1.29 is 13.3 Å². The maximum atomic E-state index is 11.4. The van der Waals surface area contributed by atoms with E-state index in [-0.39, 0.29) is 10.6 Å². The standard InChI is InChI=1S/C9H7NO4S/c1-2-7-15(13,14)9-5-3-8(4-6-9)10(11)12/h1,3-6H,7H2. The predicted octanol–water partition coefficient (Wildman–Crippen LogP) is 1.00. The van der Waals surface area contributed by atoms with Crippen LogP contribution in [0, 0.1) is 22.5 Å². The Morgan fingerprint density at radius 2 is 1.87 bits per heavy atom. The lowest BCUT2D eigenvalue weighted by Gasteiger charge is -1.99. The van der Waals surface area contributed by atoms with E-state index in [1.807, 2.05) is 5.92 Å². The topological polar surface area (TPSA) is 77.3 Å². The molecule has 1 rings (SSSR count). The van der Waals surface area contributed by atoms with Crippen molar-refractivity contribution in [2.24, 2.45) is 0 Å². The average Bonchev–Trinajstić information content (AvgIpc) is 2.18. The van der Waals surface area contributed by atoms with E-state index in [1.165, 1.54) is 12.1 Å². The molecule has 0 aliphatic rings. The molecule has 0 N–H and O–H groups in total. The highest BCUT2D eigenvalue weighted by Crippen LogP contribution is 2.16. The molecule has 0 bridgehead atoms. The Morgan fingerprint density at radius 3 is 2.27 bits per heavy atom. The lowest BCUT2D eigenvalue weighted by atomic mass is 10.3. The second-order valence-electron chi connectivity index (χ2n) is 2.71. The second kappa shape index (κ2) is 4.11. The van der Waals surface area contributed by atoms with Crippen LogP contribution in [0.1, 0.15) is 0 Å². The molecule has 0 saturated heterocycles. The van der Waals surface area contributed by atoms with Gasteiger partial charge < -0.3 is 0 Å². The van der Waals surface area contributed by atoms with E-state index in [9.17, 15) is 18.5 Å². The highest BCUT2D eigenvalue weighted by Gasteiger charge is 2.14. The van der Waals surface area contributed by atoms with Crippen molar-refractivity contribution in [1.29, 1.82) is 0 Å². The molecule has 78 valence electrons. The van der Waals surface area contributed by atoms with Gasteiger partial charge in [-0.2, -0.15) is 0 Å². The maximum absolute atomic E-state index is 11.4. The molecule has 0 atom stereocenters. The summed E-state index contributed by atoms with van der Waals surface area (Å²) in [5.41, 5.74) is -0.158. The van der Waals surface area contributed by atoms with Gasteiger partial charge in [0.1, 0.15) is 5.75 Å². The van der Waals surface area contributed by atoms with Gasteiger partial charge in [-0.1, -0.05) is 5.92 Å². The molecule has 0 fully saturated rings. The number of non-ortho nitro benzene ring substituents is 1. The van der Waals surface area contributed by atoms with Crippen LogP contribution in [0.15, 0.2) is 29.2 Å². The van der Waals surface area contributed by atoms with Crippen molar-refractivity contribution in [3.8, 4) is 12.3 Å². The average molecular weight is 225 g/mol. The summed E-state index contributed by atoms with van der Waals surface area (Å²) in [5.74, 6) is 1.61. The van der Waals surface area contributed by atoms with Gasteiger partial charge in [0.15, 0.2) is 9.84 Å². The van der Waals surface area contributed by atoms with E-state index in [0.717, 1.165) is 12.1 Å². The van der Waals surface area contributed by atoms with Crippen LogP contribution < -0.4 is 0 Å². The summed E-state index contributed by atoms with van der Waals surface area (Å²) in [6.07, 6.45) is 4.89. The first kappa shape index (κ1) is 11.2. The number of terminal acetylenes is 1. The number of benzene rings is 1. The molecule has 0 amide bonds. The van der Waals surface area contributed by atoms with Crippen molar-refractivity contribution in [3.05, 3.63) is 34.4 Å². The SMILES string of the molecule is C#CCS(=O)(=O)c1ccc([N+](=O)[O-])cc1. The van der Waals surface area contributed by atoms with Gasteiger partial charge in [0.2, 0.25) is 0 Å². The molecule has 0 unspecified atom stereocenters. The molecule has 0 aliphatic carbocycles. The van der Waals surface area contributed by atoms with Gasteiger partial charge in [0.05, 0.1) is 9.82 Å². The van der Waals surface area contributed by atoms with E-state index in [2.05, 4.69) is 0 Å². The predicted molar refractivity (Wildman–Crippen MR) is 54.0 cm³/mol. The first-order valence-electron chi connectivity index (χ1n) is 3.88. The van der Waals surface area contributed by atoms with E-state index < -0.39 is 20.5 Å². The summed E-state index contributed by atoms with van der Waals surface area (Å²) in [4.78, 5) is 9.70. The van der Waals surface area contributed by atoms with Crippen molar-refractivity contribution in [2.75, 3.05) is 5.75 Å². The Morgan fingerprint density at radius 1 is 1.33 bits per heavy atom. The monoisotopic (exact) mass is 225 g/mol. The zero-order chi connectivity index (χ0) is 11.5. The fraction of sp³-hybridized carbons (Fsp3) is 0.111.